The fraction of sp³-hybridized carbons (Fsp3) is 0.0400. The summed E-state index contributed by atoms with van der Waals surface area (Å²) in [6.45, 7) is 0. The van der Waals surface area contributed by atoms with Crippen molar-refractivity contribution in [3.05, 3.63) is 121 Å². The fourth-order valence-electron chi connectivity index (χ4n) is 4.50. The molecule has 1 unspecified atom stereocenters. The van der Waals surface area contributed by atoms with Gasteiger partial charge in [0.05, 0.1) is 41.2 Å². The van der Waals surface area contributed by atoms with Gasteiger partial charge < -0.3 is 4.42 Å². The Balaban J connectivity index is 1.69. The highest BCUT2D eigenvalue weighted by molar-refractivity contribution is 6.37. The molecule has 0 bridgehead atoms. The van der Waals surface area contributed by atoms with Crippen LogP contribution in [-0.4, -0.2) is 56.4 Å². The van der Waals surface area contributed by atoms with Gasteiger partial charge in [0.15, 0.2) is 5.69 Å². The molecule has 0 aliphatic carbocycles. The average Bonchev–Trinajstić information content (AvgIpc) is 3.82. The number of oxazole rings is 1. The Bertz CT molecular complexity index is 1740. The highest BCUT2D eigenvalue weighted by atomic mass is 16.6. The summed E-state index contributed by atoms with van der Waals surface area (Å²) in [4.78, 5) is 25.2. The quantitative estimate of drug-likeness (QED) is 0.343. The predicted octanol–water partition coefficient (Wildman–Crippen LogP) is 2.53. The van der Waals surface area contributed by atoms with E-state index in [1.165, 1.54) is 18.7 Å². The molecule has 6 aromatic heterocycles. The van der Waals surface area contributed by atoms with Gasteiger partial charge in [0.25, 0.3) is 0 Å². The van der Waals surface area contributed by atoms with E-state index < -0.39 is 5.66 Å². The monoisotopic (exact) mass is 516 g/mol. The molecule has 14 heteroatoms. The summed E-state index contributed by atoms with van der Waals surface area (Å²) < 4.78 is 11.0. The summed E-state index contributed by atoms with van der Waals surface area (Å²) in [5, 5.41) is 23.9. The second kappa shape index (κ2) is 9.19. The molecule has 0 saturated heterocycles. The fourth-order valence-corrected chi connectivity index (χ4v) is 4.50. The molecule has 188 valence electrons. The number of rotatable bonds is 6. The Kier molecular flexibility index (Phi) is 5.25. The first kappa shape index (κ1) is 22.3. The van der Waals surface area contributed by atoms with Crippen LogP contribution in [0.4, 0.5) is 6.01 Å². The molecule has 1 atom stereocenters. The van der Waals surface area contributed by atoms with Crippen molar-refractivity contribution in [3.8, 4) is 0 Å². The molecule has 6 aromatic rings. The lowest BCUT2D eigenvalue weighted by Crippen LogP contribution is -2.50. The Hall–Kier alpha value is -5.92. The lowest BCUT2D eigenvalue weighted by Gasteiger charge is -2.43. The third-order valence-electron chi connectivity index (χ3n) is 6.04. The van der Waals surface area contributed by atoms with E-state index in [0.717, 1.165) is 0 Å². The van der Waals surface area contributed by atoms with Crippen LogP contribution in [-0.2, 0) is 5.66 Å². The van der Waals surface area contributed by atoms with Gasteiger partial charge in [-0.3, -0.25) is 25.0 Å². The van der Waals surface area contributed by atoms with E-state index in [1.807, 2.05) is 24.3 Å². The van der Waals surface area contributed by atoms with E-state index in [4.69, 9.17) is 19.0 Å². The van der Waals surface area contributed by atoms with Crippen molar-refractivity contribution in [3.63, 3.8) is 0 Å². The minimum atomic E-state index is -1.53. The molecule has 39 heavy (non-hydrogen) atoms. The summed E-state index contributed by atoms with van der Waals surface area (Å²) >= 11 is 0. The van der Waals surface area contributed by atoms with Gasteiger partial charge in [-0.2, -0.15) is 10.2 Å². The van der Waals surface area contributed by atoms with Gasteiger partial charge in [-0.05, 0) is 35.5 Å². The molecule has 0 aromatic carbocycles. The largest absolute Gasteiger partial charge is 0.432 e. The van der Waals surface area contributed by atoms with E-state index in [-0.39, 0.29) is 6.01 Å². The number of aliphatic imine (C=N–C) groups is 1. The van der Waals surface area contributed by atoms with Crippen LogP contribution in [0.25, 0.3) is 11.3 Å². The third-order valence-corrected chi connectivity index (χ3v) is 6.04. The molecule has 7 rings (SSSR count). The van der Waals surface area contributed by atoms with Gasteiger partial charge in [0.2, 0.25) is 5.66 Å². The van der Waals surface area contributed by atoms with Crippen molar-refractivity contribution in [2.24, 2.45) is 4.99 Å². The molecule has 7 heterocycles. The summed E-state index contributed by atoms with van der Waals surface area (Å²) in [5.74, 6) is 0. The minimum Gasteiger partial charge on any atom is -0.432 e. The molecule has 1 aliphatic rings. The van der Waals surface area contributed by atoms with Gasteiger partial charge in [0, 0.05) is 31.0 Å². The number of aromatic amines is 1. The molecule has 14 nitrogen and oxygen atoms in total. The molecule has 0 spiro atoms. The van der Waals surface area contributed by atoms with Crippen molar-refractivity contribution in [2.45, 2.75) is 5.66 Å². The zero-order valence-corrected chi connectivity index (χ0v) is 19.9. The first-order chi connectivity index (χ1) is 19.4. The van der Waals surface area contributed by atoms with Gasteiger partial charge in [-0.1, -0.05) is 11.2 Å². The number of anilines is 1. The topological polar surface area (TPSA) is 174 Å². The normalized spacial score (nSPS) is 17.3. The second-order valence-corrected chi connectivity index (χ2v) is 8.18. The highest BCUT2D eigenvalue weighted by Gasteiger charge is 2.53. The SMILES string of the molecule is c1ccc(C2(c3cnon3)N=C(c3cccnn3)C(c3ccn[nH]3)=C(c3cnccn3)N2c2ncco2)nc1. The van der Waals surface area contributed by atoms with E-state index in [9.17, 15) is 0 Å². The van der Waals surface area contributed by atoms with Gasteiger partial charge >= 0.3 is 6.01 Å². The second-order valence-electron chi connectivity index (χ2n) is 8.18. The number of hydrogen-bond donors (Lipinski definition) is 1. The Labute approximate surface area is 219 Å². The van der Waals surface area contributed by atoms with Gasteiger partial charge in [-0.15, -0.1) is 5.10 Å². The van der Waals surface area contributed by atoms with Crippen LogP contribution in [0, 0.1) is 0 Å². The van der Waals surface area contributed by atoms with Gasteiger partial charge in [-0.25, -0.2) is 14.6 Å². The lowest BCUT2D eigenvalue weighted by atomic mass is 9.89. The number of allylic oxidation sites excluding steroid dienone is 1. The average molecular weight is 516 g/mol. The van der Waals surface area contributed by atoms with Crippen LogP contribution < -0.4 is 4.90 Å². The van der Waals surface area contributed by atoms with Crippen LogP contribution in [0.5, 0.6) is 0 Å². The predicted molar refractivity (Wildman–Crippen MR) is 134 cm³/mol. The number of nitrogens with one attached hydrogen (secondary N) is 1. The first-order valence-corrected chi connectivity index (χ1v) is 11.6. The van der Waals surface area contributed by atoms with Crippen LogP contribution in [0.2, 0.25) is 0 Å². The molecule has 0 saturated carbocycles. The maximum atomic E-state index is 5.91. The zero-order valence-electron chi connectivity index (χ0n) is 19.9. The van der Waals surface area contributed by atoms with Crippen LogP contribution in [0.1, 0.15) is 28.5 Å². The highest BCUT2D eigenvalue weighted by Crippen LogP contribution is 2.49. The Morgan fingerprint density at radius 3 is 2.51 bits per heavy atom. The summed E-state index contributed by atoms with van der Waals surface area (Å²) in [5.41, 5.74) is 2.40. The van der Waals surface area contributed by atoms with E-state index in [1.54, 1.807) is 54.2 Å². The number of hydrogen-bond acceptors (Lipinski definition) is 13. The van der Waals surface area contributed by atoms with E-state index in [0.29, 0.717) is 45.5 Å². The molecule has 1 N–H and O–H groups in total. The Morgan fingerprint density at radius 1 is 0.821 bits per heavy atom. The molecular formula is C25H16N12O2. The van der Waals surface area contributed by atoms with E-state index in [2.05, 4.69) is 45.7 Å². The maximum Gasteiger partial charge on any atom is 0.304 e. The van der Waals surface area contributed by atoms with Crippen molar-refractivity contribution in [1.82, 2.24) is 50.6 Å². The maximum absolute atomic E-state index is 5.91. The number of pyridine rings is 1. The Morgan fingerprint density at radius 2 is 1.82 bits per heavy atom. The summed E-state index contributed by atoms with van der Waals surface area (Å²) in [6.07, 6.45) is 14.2. The number of aromatic nitrogens is 10. The standard InChI is InChI=1S/C25H16N12O2/c1-2-7-28-19(5-1)25(20-15-32-39-36-20)33-22(17-4-3-8-30-35-17)21(16-6-9-31-34-16)23(18-14-26-10-11-27-18)37(25)24-29-12-13-38-24/h1-15H,(H,31,34). The van der Waals surface area contributed by atoms with Crippen molar-refractivity contribution in [1.29, 1.82) is 0 Å². The van der Waals surface area contributed by atoms with E-state index >= 15 is 0 Å². The molecular weight excluding hydrogens is 500 g/mol. The summed E-state index contributed by atoms with van der Waals surface area (Å²) in [6, 6.07) is 11.1. The minimum absolute atomic E-state index is 0.184. The smallest absolute Gasteiger partial charge is 0.304 e. The summed E-state index contributed by atoms with van der Waals surface area (Å²) in [7, 11) is 0. The van der Waals surface area contributed by atoms with Crippen molar-refractivity contribution in [2.75, 3.05) is 4.90 Å². The zero-order chi connectivity index (χ0) is 26.1. The lowest BCUT2D eigenvalue weighted by molar-refractivity contribution is 0.295. The number of H-pyrrole nitrogens is 1. The first-order valence-electron chi connectivity index (χ1n) is 11.6. The number of nitrogens with zero attached hydrogens (tertiary/aromatic N) is 11. The van der Waals surface area contributed by atoms with Crippen molar-refractivity contribution >= 4 is 23.0 Å². The molecule has 1 aliphatic heterocycles. The van der Waals surface area contributed by atoms with Crippen molar-refractivity contribution < 1.29 is 9.05 Å². The van der Waals surface area contributed by atoms with Crippen LogP contribution in [0.3, 0.4) is 0 Å². The molecule has 0 fully saturated rings. The molecule has 0 amide bonds. The molecule has 0 radical (unpaired) electrons. The van der Waals surface area contributed by atoms with Crippen LogP contribution in [0.15, 0.2) is 106 Å². The third kappa shape index (κ3) is 3.58. The van der Waals surface area contributed by atoms with Gasteiger partial charge in [0.1, 0.15) is 23.4 Å². The van der Waals surface area contributed by atoms with Crippen LogP contribution >= 0.6 is 0 Å².